The Balaban J connectivity index is 2.13. The molecule has 0 atom stereocenters. The first-order valence-electron chi connectivity index (χ1n) is 6.35. The second kappa shape index (κ2) is 4.87. The molecule has 1 aliphatic rings. The molecule has 0 spiro atoms. The number of piperidine rings is 1. The molecule has 0 aliphatic carbocycles. The Kier molecular flexibility index (Phi) is 3.39. The van der Waals surface area contributed by atoms with Crippen LogP contribution in [-0.4, -0.2) is 18.1 Å². The lowest BCUT2D eigenvalue weighted by Crippen LogP contribution is -2.26. The average molecular weight is 328 g/mol. The summed E-state index contributed by atoms with van der Waals surface area (Å²) in [7, 11) is 0. The summed E-state index contributed by atoms with van der Waals surface area (Å²) in [6.07, 6.45) is 2.39. The van der Waals surface area contributed by atoms with Crippen LogP contribution >= 0.6 is 27.5 Å². The molecule has 2 N–H and O–H groups in total. The Morgan fingerprint density at radius 3 is 2.72 bits per heavy atom. The predicted octanol–water partition coefficient (Wildman–Crippen LogP) is 4.36. The number of benzene rings is 1. The normalized spacial score (nSPS) is 17.5. The number of H-pyrrole nitrogens is 1. The number of halogens is 2. The molecule has 1 aromatic heterocycles. The van der Waals surface area contributed by atoms with E-state index in [1.807, 2.05) is 6.07 Å². The van der Waals surface area contributed by atoms with Gasteiger partial charge in [-0.05, 0) is 60.4 Å². The second-order valence-electron chi connectivity index (χ2n) is 4.97. The van der Waals surface area contributed by atoms with Crippen molar-refractivity contribution in [2.75, 3.05) is 13.1 Å². The van der Waals surface area contributed by atoms with E-state index < -0.39 is 0 Å². The Morgan fingerprint density at radius 1 is 1.28 bits per heavy atom. The zero-order chi connectivity index (χ0) is 12.7. The van der Waals surface area contributed by atoms with Crippen LogP contribution in [0.2, 0.25) is 5.02 Å². The average Bonchev–Trinajstić information content (AvgIpc) is 2.73. The van der Waals surface area contributed by atoms with E-state index in [0.29, 0.717) is 5.92 Å². The minimum absolute atomic E-state index is 0.617. The lowest BCUT2D eigenvalue weighted by Gasteiger charge is -2.22. The lowest BCUT2D eigenvalue weighted by atomic mass is 9.95. The molecule has 2 nitrogen and oxygen atoms in total. The van der Waals surface area contributed by atoms with Crippen molar-refractivity contribution in [3.05, 3.63) is 32.9 Å². The maximum Gasteiger partial charge on any atom is 0.0512 e. The second-order valence-corrected chi connectivity index (χ2v) is 6.17. The molecular weight excluding hydrogens is 312 g/mol. The molecule has 18 heavy (non-hydrogen) atoms. The van der Waals surface area contributed by atoms with Crippen LogP contribution in [0, 0.1) is 6.92 Å². The summed E-state index contributed by atoms with van der Waals surface area (Å²) in [5.41, 5.74) is 3.63. The molecule has 0 saturated carbocycles. The van der Waals surface area contributed by atoms with Crippen molar-refractivity contribution in [2.45, 2.75) is 25.7 Å². The van der Waals surface area contributed by atoms with E-state index in [1.54, 1.807) is 0 Å². The number of rotatable bonds is 1. The van der Waals surface area contributed by atoms with Gasteiger partial charge in [0.05, 0.1) is 5.52 Å². The van der Waals surface area contributed by atoms with E-state index in [1.165, 1.54) is 33.9 Å². The van der Waals surface area contributed by atoms with Gasteiger partial charge in [0.15, 0.2) is 0 Å². The number of aromatic nitrogens is 1. The molecule has 0 amide bonds. The summed E-state index contributed by atoms with van der Waals surface area (Å²) in [5.74, 6) is 0.617. The summed E-state index contributed by atoms with van der Waals surface area (Å²) < 4.78 is 1.21. The highest BCUT2D eigenvalue weighted by Crippen LogP contribution is 2.38. The summed E-state index contributed by atoms with van der Waals surface area (Å²) in [6, 6.07) is 4.07. The first kappa shape index (κ1) is 12.5. The van der Waals surface area contributed by atoms with Crippen LogP contribution in [0.25, 0.3) is 10.9 Å². The zero-order valence-corrected chi connectivity index (χ0v) is 12.7. The number of aryl methyl sites for hydroxylation is 1. The van der Waals surface area contributed by atoms with E-state index in [0.717, 1.165) is 23.7 Å². The molecule has 96 valence electrons. The van der Waals surface area contributed by atoms with Gasteiger partial charge in [-0.2, -0.15) is 0 Å². The van der Waals surface area contributed by atoms with Crippen molar-refractivity contribution in [1.82, 2.24) is 10.3 Å². The first-order valence-corrected chi connectivity index (χ1v) is 7.52. The molecule has 1 aromatic carbocycles. The molecule has 2 heterocycles. The van der Waals surface area contributed by atoms with Crippen LogP contribution in [0.4, 0.5) is 0 Å². The smallest absolute Gasteiger partial charge is 0.0512 e. The van der Waals surface area contributed by atoms with Crippen LogP contribution in [0.1, 0.15) is 30.0 Å². The fourth-order valence-corrected chi connectivity index (χ4v) is 3.67. The maximum atomic E-state index is 6.19. The largest absolute Gasteiger partial charge is 0.357 e. The number of hydrogen-bond donors (Lipinski definition) is 2. The third kappa shape index (κ3) is 1.98. The zero-order valence-electron chi connectivity index (χ0n) is 10.3. The Morgan fingerprint density at radius 2 is 2.00 bits per heavy atom. The lowest BCUT2D eigenvalue weighted by molar-refractivity contribution is 0.454. The summed E-state index contributed by atoms with van der Waals surface area (Å²) in [4.78, 5) is 3.58. The molecule has 1 aliphatic heterocycles. The van der Waals surface area contributed by atoms with Crippen molar-refractivity contribution >= 4 is 38.4 Å². The topological polar surface area (TPSA) is 27.8 Å². The van der Waals surface area contributed by atoms with Crippen LogP contribution in [0.15, 0.2) is 16.6 Å². The SMILES string of the molecule is Cc1c(Cl)ccc2c(Br)c(C3CCNCC3)[nH]c12. The summed E-state index contributed by atoms with van der Waals surface area (Å²) in [6.45, 7) is 4.28. The van der Waals surface area contributed by atoms with E-state index in [4.69, 9.17) is 11.6 Å². The number of nitrogens with one attached hydrogen (secondary N) is 2. The first-order chi connectivity index (χ1) is 8.68. The Bertz CT molecular complexity index is 585. The minimum Gasteiger partial charge on any atom is -0.357 e. The van der Waals surface area contributed by atoms with Gasteiger partial charge in [0, 0.05) is 26.5 Å². The van der Waals surface area contributed by atoms with Gasteiger partial charge in [-0.25, -0.2) is 0 Å². The van der Waals surface area contributed by atoms with Crippen molar-refractivity contribution in [3.63, 3.8) is 0 Å². The van der Waals surface area contributed by atoms with Crippen LogP contribution < -0.4 is 5.32 Å². The third-order valence-electron chi connectivity index (χ3n) is 3.88. The molecule has 0 unspecified atom stereocenters. The highest BCUT2D eigenvalue weighted by atomic mass is 79.9. The highest BCUT2D eigenvalue weighted by molar-refractivity contribution is 9.10. The van der Waals surface area contributed by atoms with Crippen LogP contribution in [0.5, 0.6) is 0 Å². The molecule has 0 radical (unpaired) electrons. The van der Waals surface area contributed by atoms with Crippen molar-refractivity contribution < 1.29 is 0 Å². The predicted molar refractivity (Wildman–Crippen MR) is 80.6 cm³/mol. The Hall–Kier alpha value is -0.510. The number of fused-ring (bicyclic) bond motifs is 1. The quantitative estimate of drug-likeness (QED) is 0.800. The van der Waals surface area contributed by atoms with E-state index >= 15 is 0 Å². The van der Waals surface area contributed by atoms with Gasteiger partial charge >= 0.3 is 0 Å². The standard InChI is InChI=1S/C14H16BrClN2/c1-8-11(16)3-2-10-12(15)14(18-13(8)10)9-4-6-17-7-5-9/h2-3,9,17-18H,4-7H2,1H3. The molecule has 3 rings (SSSR count). The maximum absolute atomic E-state index is 6.19. The molecule has 4 heteroatoms. The molecule has 1 fully saturated rings. The van der Waals surface area contributed by atoms with Crippen molar-refractivity contribution in [1.29, 1.82) is 0 Å². The van der Waals surface area contributed by atoms with Crippen molar-refractivity contribution in [3.8, 4) is 0 Å². The summed E-state index contributed by atoms with van der Waals surface area (Å²) >= 11 is 9.94. The van der Waals surface area contributed by atoms with Gasteiger partial charge in [0.2, 0.25) is 0 Å². The molecule has 0 bridgehead atoms. The van der Waals surface area contributed by atoms with Gasteiger partial charge in [-0.1, -0.05) is 17.7 Å². The van der Waals surface area contributed by atoms with Gasteiger partial charge in [-0.3, -0.25) is 0 Å². The van der Waals surface area contributed by atoms with E-state index in [9.17, 15) is 0 Å². The van der Waals surface area contributed by atoms with Gasteiger partial charge in [-0.15, -0.1) is 0 Å². The molecule has 1 saturated heterocycles. The van der Waals surface area contributed by atoms with Gasteiger partial charge in [0.25, 0.3) is 0 Å². The van der Waals surface area contributed by atoms with Gasteiger partial charge in [0.1, 0.15) is 0 Å². The fourth-order valence-electron chi connectivity index (χ4n) is 2.76. The van der Waals surface area contributed by atoms with E-state index in [-0.39, 0.29) is 0 Å². The molecule has 2 aromatic rings. The fraction of sp³-hybridized carbons (Fsp3) is 0.429. The van der Waals surface area contributed by atoms with Crippen LogP contribution in [-0.2, 0) is 0 Å². The molecular formula is C14H16BrClN2. The van der Waals surface area contributed by atoms with E-state index in [2.05, 4.69) is 39.2 Å². The Labute approximate surface area is 120 Å². The van der Waals surface area contributed by atoms with Gasteiger partial charge < -0.3 is 10.3 Å². The minimum atomic E-state index is 0.617. The highest BCUT2D eigenvalue weighted by Gasteiger charge is 2.21. The number of aromatic amines is 1. The van der Waals surface area contributed by atoms with Crippen LogP contribution in [0.3, 0.4) is 0 Å². The third-order valence-corrected chi connectivity index (χ3v) is 5.14. The van der Waals surface area contributed by atoms with Crippen molar-refractivity contribution in [2.24, 2.45) is 0 Å². The monoisotopic (exact) mass is 326 g/mol. The summed E-state index contributed by atoms with van der Waals surface area (Å²) in [5, 5.41) is 5.48. The number of hydrogen-bond acceptors (Lipinski definition) is 1.